The summed E-state index contributed by atoms with van der Waals surface area (Å²) in [6.07, 6.45) is 2.00. The number of hydrogen-bond donors (Lipinski definition) is 1. The third kappa shape index (κ3) is 3.26. The second-order valence-corrected chi connectivity index (χ2v) is 10.6. The second-order valence-electron chi connectivity index (χ2n) is 6.85. The van der Waals surface area contributed by atoms with E-state index in [-0.39, 0.29) is 11.7 Å². The number of nitrogens with zero attached hydrogens (tertiary/aromatic N) is 4. The van der Waals surface area contributed by atoms with Gasteiger partial charge in [0.1, 0.15) is 5.82 Å². The zero-order valence-electron chi connectivity index (χ0n) is 15.5. The normalized spacial score (nSPS) is 20.0. The largest absolute Gasteiger partial charge is 0.384 e. The molecule has 1 aliphatic heterocycles. The van der Waals surface area contributed by atoms with Gasteiger partial charge < -0.3 is 5.73 Å². The molecular formula is C19H19N5OS3. The van der Waals surface area contributed by atoms with E-state index in [9.17, 15) is 10.1 Å². The molecule has 2 aromatic heterocycles. The lowest BCUT2D eigenvalue weighted by Crippen LogP contribution is -2.38. The Kier molecular flexibility index (Phi) is 5.27. The Hall–Kier alpha value is -2.15. The van der Waals surface area contributed by atoms with Crippen molar-refractivity contribution in [3.05, 3.63) is 45.1 Å². The summed E-state index contributed by atoms with van der Waals surface area (Å²) in [6.45, 7) is 4.20. The molecule has 0 unspecified atom stereocenters. The Balaban J connectivity index is 1.87. The molecule has 2 aliphatic rings. The number of allylic oxidation sites excluding steroid dienone is 3. The Bertz CT molecular complexity index is 1010. The van der Waals surface area contributed by atoms with E-state index in [0.717, 1.165) is 27.8 Å². The van der Waals surface area contributed by atoms with Gasteiger partial charge in [-0.3, -0.25) is 9.69 Å². The highest BCUT2D eigenvalue weighted by Gasteiger charge is 2.41. The fourth-order valence-corrected chi connectivity index (χ4v) is 6.53. The maximum Gasteiger partial charge on any atom is 0.219 e. The first kappa shape index (κ1) is 19.2. The summed E-state index contributed by atoms with van der Waals surface area (Å²) in [4.78, 5) is 15.7. The number of nitriles is 1. The second kappa shape index (κ2) is 7.70. The fraction of sp³-hybridized carbons (Fsp3) is 0.368. The van der Waals surface area contributed by atoms with Crippen LogP contribution in [0.25, 0.3) is 0 Å². The lowest BCUT2D eigenvalue weighted by atomic mass is 9.78. The number of rotatable bonds is 4. The van der Waals surface area contributed by atoms with E-state index in [1.165, 1.54) is 11.3 Å². The third-order valence-electron chi connectivity index (χ3n) is 4.66. The maximum atomic E-state index is 12.9. The van der Waals surface area contributed by atoms with Gasteiger partial charge >= 0.3 is 0 Å². The van der Waals surface area contributed by atoms with Crippen molar-refractivity contribution in [2.45, 2.75) is 48.6 Å². The minimum atomic E-state index is -0.388. The zero-order chi connectivity index (χ0) is 19.8. The molecule has 0 saturated carbocycles. The SMILES string of the molecule is CC(C)Sc1nnc(N2C(N)=C(C#N)[C@H](c3cccs3)C3=C2CCCC3=O)s1. The molecule has 2 aromatic rings. The van der Waals surface area contributed by atoms with Crippen LogP contribution in [0.5, 0.6) is 0 Å². The van der Waals surface area contributed by atoms with Gasteiger partial charge in [0.15, 0.2) is 10.1 Å². The van der Waals surface area contributed by atoms with Crippen LogP contribution in [0.4, 0.5) is 5.13 Å². The molecule has 1 atom stereocenters. The van der Waals surface area contributed by atoms with Crippen LogP contribution < -0.4 is 10.6 Å². The molecule has 1 aliphatic carbocycles. The number of thioether (sulfide) groups is 1. The molecule has 0 aromatic carbocycles. The van der Waals surface area contributed by atoms with Crippen molar-refractivity contribution in [1.82, 2.24) is 10.2 Å². The van der Waals surface area contributed by atoms with Crippen LogP contribution >= 0.6 is 34.4 Å². The Labute approximate surface area is 175 Å². The molecule has 144 valence electrons. The number of Topliss-reactive ketones (excluding diaryl/α,β-unsaturated/α-hetero) is 1. The smallest absolute Gasteiger partial charge is 0.219 e. The predicted molar refractivity (Wildman–Crippen MR) is 113 cm³/mol. The number of carbonyl (C=O) groups excluding carboxylic acids is 1. The lowest BCUT2D eigenvalue weighted by Gasteiger charge is -2.37. The van der Waals surface area contributed by atoms with E-state index < -0.39 is 0 Å². The van der Waals surface area contributed by atoms with E-state index in [2.05, 4.69) is 30.1 Å². The number of ketones is 1. The molecule has 28 heavy (non-hydrogen) atoms. The summed E-state index contributed by atoms with van der Waals surface area (Å²) in [5, 5.41) is 21.5. The molecule has 0 spiro atoms. The molecule has 0 radical (unpaired) electrons. The lowest BCUT2D eigenvalue weighted by molar-refractivity contribution is -0.116. The minimum absolute atomic E-state index is 0.0891. The first-order valence-corrected chi connectivity index (χ1v) is 11.6. The van der Waals surface area contributed by atoms with E-state index in [1.54, 1.807) is 28.0 Å². The molecule has 0 fully saturated rings. The highest BCUT2D eigenvalue weighted by atomic mass is 32.2. The van der Waals surface area contributed by atoms with Gasteiger partial charge in [0, 0.05) is 27.8 Å². The van der Waals surface area contributed by atoms with Gasteiger partial charge in [-0.1, -0.05) is 43.0 Å². The van der Waals surface area contributed by atoms with Crippen molar-refractivity contribution in [3.8, 4) is 6.07 Å². The van der Waals surface area contributed by atoms with Crippen LogP contribution in [0.3, 0.4) is 0 Å². The predicted octanol–water partition coefficient (Wildman–Crippen LogP) is 4.40. The summed E-state index contributed by atoms with van der Waals surface area (Å²) in [5.41, 5.74) is 8.46. The van der Waals surface area contributed by atoms with Gasteiger partial charge in [-0.05, 0) is 24.3 Å². The quantitative estimate of drug-likeness (QED) is 0.719. The highest BCUT2D eigenvalue weighted by Crippen LogP contribution is 2.48. The number of aromatic nitrogens is 2. The average molecular weight is 430 g/mol. The van der Waals surface area contributed by atoms with Crippen molar-refractivity contribution in [2.24, 2.45) is 5.73 Å². The number of nitrogens with two attached hydrogens (primary N) is 1. The van der Waals surface area contributed by atoms with Gasteiger partial charge in [-0.2, -0.15) is 5.26 Å². The molecule has 4 rings (SSSR count). The van der Waals surface area contributed by atoms with Crippen molar-refractivity contribution in [1.29, 1.82) is 5.26 Å². The van der Waals surface area contributed by atoms with Crippen molar-refractivity contribution >= 4 is 45.4 Å². The van der Waals surface area contributed by atoms with Gasteiger partial charge in [0.05, 0.1) is 17.6 Å². The maximum absolute atomic E-state index is 12.9. The molecule has 0 saturated heterocycles. The molecule has 6 nitrogen and oxygen atoms in total. The van der Waals surface area contributed by atoms with Crippen molar-refractivity contribution < 1.29 is 4.79 Å². The van der Waals surface area contributed by atoms with Crippen LogP contribution in [0.1, 0.15) is 43.9 Å². The first-order valence-electron chi connectivity index (χ1n) is 9.01. The van der Waals surface area contributed by atoms with Crippen LogP contribution in [-0.2, 0) is 4.79 Å². The number of thiophene rings is 1. The van der Waals surface area contributed by atoms with Gasteiger partial charge in [0.2, 0.25) is 5.13 Å². The van der Waals surface area contributed by atoms with Gasteiger partial charge in [0.25, 0.3) is 0 Å². The number of anilines is 1. The fourth-order valence-electron chi connectivity index (χ4n) is 3.59. The van der Waals surface area contributed by atoms with E-state index >= 15 is 0 Å². The average Bonchev–Trinajstić information content (AvgIpc) is 3.32. The third-order valence-corrected chi connectivity index (χ3v) is 7.60. The highest BCUT2D eigenvalue weighted by molar-refractivity contribution is 8.01. The topological polar surface area (TPSA) is 95.9 Å². The van der Waals surface area contributed by atoms with Gasteiger partial charge in [-0.25, -0.2) is 0 Å². The van der Waals surface area contributed by atoms with E-state index in [1.807, 2.05) is 17.5 Å². The summed E-state index contributed by atoms with van der Waals surface area (Å²) in [6, 6.07) is 6.17. The van der Waals surface area contributed by atoms with Crippen LogP contribution in [0.2, 0.25) is 0 Å². The monoisotopic (exact) mass is 429 g/mol. The standard InChI is InChI=1S/C19H19N5OS3/c1-10(2)27-19-23-22-18(28-19)24-12-5-3-6-13(25)16(12)15(11(9-20)17(24)21)14-7-4-8-26-14/h4,7-8,10,15H,3,5-6,21H2,1-2H3/t15-/m1/s1. The van der Waals surface area contributed by atoms with Crippen LogP contribution in [-0.4, -0.2) is 21.2 Å². The molecule has 0 amide bonds. The molecule has 0 bridgehead atoms. The van der Waals surface area contributed by atoms with Gasteiger partial charge in [-0.15, -0.1) is 21.5 Å². The van der Waals surface area contributed by atoms with Crippen LogP contribution in [0.15, 0.2) is 44.5 Å². The van der Waals surface area contributed by atoms with Crippen molar-refractivity contribution in [3.63, 3.8) is 0 Å². The molecule has 3 heterocycles. The summed E-state index contributed by atoms with van der Waals surface area (Å²) >= 11 is 4.62. The van der Waals surface area contributed by atoms with E-state index in [4.69, 9.17) is 5.73 Å². The molecule has 2 N–H and O–H groups in total. The number of carbonyl (C=O) groups is 1. The zero-order valence-corrected chi connectivity index (χ0v) is 18.0. The summed E-state index contributed by atoms with van der Waals surface area (Å²) in [7, 11) is 0. The molecular weight excluding hydrogens is 410 g/mol. The summed E-state index contributed by atoms with van der Waals surface area (Å²) in [5.74, 6) is 0.0549. The van der Waals surface area contributed by atoms with Crippen molar-refractivity contribution in [2.75, 3.05) is 4.90 Å². The molecule has 9 heteroatoms. The Morgan fingerprint density at radius 2 is 2.21 bits per heavy atom. The van der Waals surface area contributed by atoms with Crippen LogP contribution in [0, 0.1) is 11.3 Å². The van der Waals surface area contributed by atoms with E-state index in [0.29, 0.717) is 33.8 Å². The first-order chi connectivity index (χ1) is 13.5. The number of hydrogen-bond acceptors (Lipinski definition) is 9. The Morgan fingerprint density at radius 1 is 1.39 bits per heavy atom. The Morgan fingerprint density at radius 3 is 2.89 bits per heavy atom. The summed E-state index contributed by atoms with van der Waals surface area (Å²) < 4.78 is 0.848. The minimum Gasteiger partial charge on any atom is -0.384 e.